The summed E-state index contributed by atoms with van der Waals surface area (Å²) in [7, 11) is 1.06. The van der Waals surface area contributed by atoms with E-state index in [4.69, 9.17) is 5.11 Å². The number of amides is 1. The van der Waals surface area contributed by atoms with E-state index in [0.29, 0.717) is 12.8 Å². The highest BCUT2D eigenvalue weighted by Gasteiger charge is 2.46. The Balaban J connectivity index is 2.58. The van der Waals surface area contributed by atoms with Crippen molar-refractivity contribution in [3.8, 4) is 0 Å². The number of alkyl halides is 3. The van der Waals surface area contributed by atoms with Crippen LogP contribution in [0, 0.1) is 11.8 Å². The van der Waals surface area contributed by atoms with Crippen LogP contribution in [0.1, 0.15) is 32.1 Å². The average molecular weight is 297 g/mol. The number of alkyl carbamates (subject to hydrolysis) is 1. The van der Waals surface area contributed by atoms with Crippen LogP contribution in [-0.2, 0) is 9.53 Å². The lowest BCUT2D eigenvalue weighted by Crippen LogP contribution is -2.42. The second kappa shape index (κ2) is 6.81. The Kier molecular flexibility index (Phi) is 5.64. The topological polar surface area (TPSA) is 75.6 Å². The SMILES string of the molecule is COC(=O)N[C@@H](CCC(C1CCC1)C(F)(F)F)C(=O)O. The van der Waals surface area contributed by atoms with Gasteiger partial charge in [-0.1, -0.05) is 6.42 Å². The first-order chi connectivity index (χ1) is 9.25. The second-order valence-corrected chi connectivity index (χ2v) is 4.94. The van der Waals surface area contributed by atoms with Crippen LogP contribution < -0.4 is 5.32 Å². The molecule has 1 rings (SSSR count). The number of hydrogen-bond acceptors (Lipinski definition) is 3. The second-order valence-electron chi connectivity index (χ2n) is 4.94. The summed E-state index contributed by atoms with van der Waals surface area (Å²) >= 11 is 0. The fourth-order valence-electron chi connectivity index (χ4n) is 2.31. The quantitative estimate of drug-likeness (QED) is 0.790. The summed E-state index contributed by atoms with van der Waals surface area (Å²) in [4.78, 5) is 21.9. The van der Waals surface area contributed by atoms with Gasteiger partial charge >= 0.3 is 18.2 Å². The van der Waals surface area contributed by atoms with Crippen molar-refractivity contribution in [2.45, 2.75) is 44.3 Å². The van der Waals surface area contributed by atoms with Gasteiger partial charge in [-0.15, -0.1) is 0 Å². The van der Waals surface area contributed by atoms with E-state index >= 15 is 0 Å². The first-order valence-electron chi connectivity index (χ1n) is 6.39. The molecule has 0 saturated heterocycles. The lowest BCUT2D eigenvalue weighted by molar-refractivity contribution is -0.199. The average Bonchev–Trinajstić information content (AvgIpc) is 2.27. The Morgan fingerprint density at radius 1 is 1.35 bits per heavy atom. The molecule has 0 heterocycles. The van der Waals surface area contributed by atoms with Gasteiger partial charge in [-0.25, -0.2) is 9.59 Å². The molecule has 0 aromatic carbocycles. The maximum atomic E-state index is 12.9. The molecular weight excluding hydrogens is 279 g/mol. The standard InChI is InChI=1S/C12H18F3NO4/c1-20-11(19)16-9(10(17)18)6-5-8(12(13,14)15)7-3-2-4-7/h7-9H,2-6H2,1H3,(H,16,19)(H,17,18)/t8?,9-/m0/s1. The number of methoxy groups -OCH3 is 1. The van der Waals surface area contributed by atoms with E-state index in [2.05, 4.69) is 4.74 Å². The van der Waals surface area contributed by atoms with Crippen molar-refractivity contribution in [1.29, 1.82) is 0 Å². The monoisotopic (exact) mass is 297 g/mol. The molecule has 0 aliphatic heterocycles. The van der Waals surface area contributed by atoms with Crippen LogP contribution >= 0.6 is 0 Å². The van der Waals surface area contributed by atoms with Gasteiger partial charge in [-0.05, 0) is 31.6 Å². The number of rotatable bonds is 6. The third kappa shape index (κ3) is 4.57. The van der Waals surface area contributed by atoms with Crippen LogP contribution in [0.3, 0.4) is 0 Å². The third-order valence-electron chi connectivity index (χ3n) is 3.68. The largest absolute Gasteiger partial charge is 0.480 e. The van der Waals surface area contributed by atoms with Crippen molar-refractivity contribution in [3.05, 3.63) is 0 Å². The summed E-state index contributed by atoms with van der Waals surface area (Å²) in [6.45, 7) is 0. The van der Waals surface area contributed by atoms with Gasteiger partial charge in [-0.2, -0.15) is 13.2 Å². The van der Waals surface area contributed by atoms with Crippen LogP contribution in [0.2, 0.25) is 0 Å². The molecule has 1 aliphatic rings. The van der Waals surface area contributed by atoms with Gasteiger partial charge in [0.15, 0.2) is 0 Å². The number of halogens is 3. The molecule has 1 amide bonds. The number of carboxylic acid groups (broad SMARTS) is 1. The summed E-state index contributed by atoms with van der Waals surface area (Å²) in [5, 5.41) is 10.9. The number of aliphatic carboxylic acids is 1. The lowest BCUT2D eigenvalue weighted by atomic mass is 9.73. The van der Waals surface area contributed by atoms with E-state index in [0.717, 1.165) is 13.5 Å². The van der Waals surface area contributed by atoms with E-state index in [9.17, 15) is 22.8 Å². The molecule has 0 radical (unpaired) electrons. The maximum absolute atomic E-state index is 12.9. The molecule has 0 aromatic heterocycles. The smallest absolute Gasteiger partial charge is 0.407 e. The molecule has 1 aliphatic carbocycles. The molecule has 20 heavy (non-hydrogen) atoms. The summed E-state index contributed by atoms with van der Waals surface area (Å²) in [5.41, 5.74) is 0. The molecule has 0 spiro atoms. The maximum Gasteiger partial charge on any atom is 0.407 e. The molecule has 116 valence electrons. The summed E-state index contributed by atoms with van der Waals surface area (Å²) in [5.74, 6) is -3.30. The third-order valence-corrected chi connectivity index (χ3v) is 3.68. The summed E-state index contributed by atoms with van der Waals surface area (Å²) in [6.07, 6.45) is -4.07. The molecule has 1 fully saturated rings. The Bertz CT molecular complexity index is 355. The van der Waals surface area contributed by atoms with E-state index in [1.807, 2.05) is 5.32 Å². The number of carbonyl (C=O) groups is 2. The van der Waals surface area contributed by atoms with Gasteiger partial charge in [0.2, 0.25) is 0 Å². The van der Waals surface area contributed by atoms with Crippen molar-refractivity contribution in [1.82, 2.24) is 5.32 Å². The Morgan fingerprint density at radius 3 is 2.30 bits per heavy atom. The minimum atomic E-state index is -4.33. The number of hydrogen-bond donors (Lipinski definition) is 2. The lowest BCUT2D eigenvalue weighted by Gasteiger charge is -2.35. The van der Waals surface area contributed by atoms with Crippen LogP contribution in [0.5, 0.6) is 0 Å². The predicted molar refractivity (Wildman–Crippen MR) is 63.1 cm³/mol. The van der Waals surface area contributed by atoms with Crippen LogP contribution in [0.4, 0.5) is 18.0 Å². The predicted octanol–water partition coefficient (Wildman–Crippen LogP) is 2.55. The highest BCUT2D eigenvalue weighted by molar-refractivity contribution is 5.79. The van der Waals surface area contributed by atoms with Gasteiger partial charge in [-0.3, -0.25) is 0 Å². The van der Waals surface area contributed by atoms with Crippen molar-refractivity contribution >= 4 is 12.1 Å². The molecule has 1 saturated carbocycles. The van der Waals surface area contributed by atoms with E-state index in [-0.39, 0.29) is 12.8 Å². The van der Waals surface area contributed by atoms with E-state index in [1.54, 1.807) is 0 Å². The zero-order chi connectivity index (χ0) is 15.3. The molecule has 5 nitrogen and oxygen atoms in total. The van der Waals surface area contributed by atoms with Crippen molar-refractivity contribution < 1.29 is 32.6 Å². The van der Waals surface area contributed by atoms with Gasteiger partial charge in [0.05, 0.1) is 13.0 Å². The first-order valence-corrected chi connectivity index (χ1v) is 6.39. The van der Waals surface area contributed by atoms with Crippen LogP contribution in [0.15, 0.2) is 0 Å². The van der Waals surface area contributed by atoms with Gasteiger partial charge in [0, 0.05) is 0 Å². The molecule has 2 atom stereocenters. The van der Waals surface area contributed by atoms with Crippen LogP contribution in [-0.4, -0.2) is 36.5 Å². The molecule has 2 N–H and O–H groups in total. The van der Waals surface area contributed by atoms with Crippen molar-refractivity contribution in [2.75, 3.05) is 7.11 Å². The number of ether oxygens (including phenoxy) is 1. The summed E-state index contributed by atoms with van der Waals surface area (Å²) in [6, 6.07) is -1.37. The highest BCUT2D eigenvalue weighted by atomic mass is 19.4. The molecule has 0 bridgehead atoms. The van der Waals surface area contributed by atoms with Gasteiger partial charge in [0.1, 0.15) is 6.04 Å². The normalized spacial score (nSPS) is 18.8. The van der Waals surface area contributed by atoms with E-state index in [1.165, 1.54) is 0 Å². The molecule has 1 unspecified atom stereocenters. The zero-order valence-electron chi connectivity index (χ0n) is 11.1. The minimum absolute atomic E-state index is 0.273. The molecular formula is C12H18F3NO4. The van der Waals surface area contributed by atoms with Gasteiger partial charge in [0.25, 0.3) is 0 Å². The number of carboxylic acids is 1. The number of nitrogens with one attached hydrogen (secondary N) is 1. The molecule has 0 aromatic rings. The highest BCUT2D eigenvalue weighted by Crippen LogP contribution is 2.44. The Hall–Kier alpha value is -1.47. The fraction of sp³-hybridized carbons (Fsp3) is 0.833. The van der Waals surface area contributed by atoms with Crippen molar-refractivity contribution in [3.63, 3.8) is 0 Å². The van der Waals surface area contributed by atoms with Gasteiger partial charge < -0.3 is 15.2 Å². The number of carbonyl (C=O) groups excluding carboxylic acids is 1. The Labute approximate surface area is 114 Å². The summed E-state index contributed by atoms with van der Waals surface area (Å²) < 4.78 is 43.0. The fourth-order valence-corrected chi connectivity index (χ4v) is 2.31. The Morgan fingerprint density at radius 2 is 1.95 bits per heavy atom. The zero-order valence-corrected chi connectivity index (χ0v) is 11.1. The molecule has 8 heteroatoms. The minimum Gasteiger partial charge on any atom is -0.480 e. The first kappa shape index (κ1) is 16.6. The van der Waals surface area contributed by atoms with Crippen molar-refractivity contribution in [2.24, 2.45) is 11.8 Å². The van der Waals surface area contributed by atoms with Crippen LogP contribution in [0.25, 0.3) is 0 Å². The van der Waals surface area contributed by atoms with E-state index < -0.39 is 36.1 Å².